The van der Waals surface area contributed by atoms with E-state index in [4.69, 9.17) is 17.9 Å². The largest absolute Gasteiger partial charge is 0.465 e. The molecule has 3 nitrogen and oxygen atoms in total. The summed E-state index contributed by atoms with van der Waals surface area (Å²) >= 11 is 4.55. The van der Waals surface area contributed by atoms with E-state index < -0.39 is 6.58 Å². The molecule has 0 aromatic rings. The fraction of sp³-hybridized carbons (Fsp3) is 0.833. The van der Waals surface area contributed by atoms with Crippen LogP contribution in [0.15, 0.2) is 0 Å². The zero-order valence-corrected chi connectivity index (χ0v) is 6.26. The Kier molecular flexibility index (Phi) is 1.68. The van der Waals surface area contributed by atoms with E-state index in [0.717, 1.165) is 0 Å². The van der Waals surface area contributed by atoms with Gasteiger partial charge in [0, 0.05) is 7.79 Å². The molecule has 0 spiro atoms. The fourth-order valence-corrected chi connectivity index (χ4v) is 0.910. The normalized spacial score (nSPS) is 42.2. The van der Waals surface area contributed by atoms with Crippen LogP contribution in [0.1, 0.15) is 16.1 Å². The summed E-state index contributed by atoms with van der Waals surface area (Å²) in [7, 11) is 0. The van der Waals surface area contributed by atoms with Crippen LogP contribution >= 0.6 is 12.2 Å². The molecule has 0 amide bonds. The van der Waals surface area contributed by atoms with E-state index in [2.05, 4.69) is 12.2 Å². The van der Waals surface area contributed by atoms with Crippen molar-refractivity contribution in [2.24, 2.45) is 5.73 Å². The summed E-state index contributed by atoms with van der Waals surface area (Å²) in [5.41, 5.74) is 5.17. The smallest absolute Gasteiger partial charge is 0.254 e. The van der Waals surface area contributed by atoms with Gasteiger partial charge < -0.3 is 15.2 Å². The van der Waals surface area contributed by atoms with Crippen LogP contribution in [0.25, 0.3) is 0 Å². The van der Waals surface area contributed by atoms with Crippen molar-refractivity contribution < 1.29 is 12.2 Å². The van der Waals surface area contributed by atoms with Gasteiger partial charge in [0.1, 0.15) is 6.10 Å². The van der Waals surface area contributed by atoms with Crippen molar-refractivity contribution in [1.29, 1.82) is 0 Å². The van der Waals surface area contributed by atoms with Crippen molar-refractivity contribution in [2.45, 2.75) is 25.5 Å². The van der Waals surface area contributed by atoms with Gasteiger partial charge >= 0.3 is 0 Å². The van der Waals surface area contributed by atoms with Crippen molar-refractivity contribution >= 4 is 17.4 Å². The first-order chi connectivity index (χ1) is 5.63. The van der Waals surface area contributed by atoms with Gasteiger partial charge in [-0.1, -0.05) is 0 Å². The molecule has 0 aromatic heterocycles. The maximum atomic E-state index is 7.27. The first-order valence-corrected chi connectivity index (χ1v) is 3.37. The molecular formula is C6H11NO2S. The standard InChI is InChI=1S/C6H11NO2S/c1-4-5(2-3-8-4)9-6(7)10/h4-5H,2-3H2,1H3,(H2,7,10)/t4-,5-/m1/s1/i1D,3T/t3-,4+,5+/m0. The molecular weight excluding hydrogens is 150 g/mol. The summed E-state index contributed by atoms with van der Waals surface area (Å²) in [5.74, 6) is 0. The number of ether oxygens (including phenoxy) is 2. The van der Waals surface area contributed by atoms with E-state index in [1.54, 1.807) is 0 Å². The quantitative estimate of drug-likeness (QED) is 0.571. The first-order valence-electron chi connectivity index (χ1n) is 4.25. The average Bonchev–Trinajstić information content (AvgIpc) is 2.29. The summed E-state index contributed by atoms with van der Waals surface area (Å²) in [5, 5.41) is -0.0452. The Bertz CT molecular complexity index is 181. The zero-order valence-electron chi connectivity index (χ0n) is 7.45. The Morgan fingerprint density at radius 2 is 3.00 bits per heavy atom. The molecule has 0 bridgehead atoms. The van der Waals surface area contributed by atoms with Crippen molar-refractivity contribution in [2.75, 3.05) is 6.58 Å². The third kappa shape index (κ3) is 1.82. The molecule has 0 aromatic carbocycles. The third-order valence-corrected chi connectivity index (χ3v) is 1.38. The Balaban J connectivity index is 2.46. The van der Waals surface area contributed by atoms with Crippen molar-refractivity contribution in [1.82, 2.24) is 0 Å². The predicted octanol–water partition coefficient (Wildman–Crippen LogP) is 0.424. The summed E-state index contributed by atoms with van der Waals surface area (Å²) in [6.07, 6.45) is -0.252. The molecule has 2 N–H and O–H groups in total. The summed E-state index contributed by atoms with van der Waals surface area (Å²) in [4.78, 5) is 0. The van der Waals surface area contributed by atoms with Gasteiger partial charge in [0.05, 0.1) is 14.1 Å². The summed E-state index contributed by atoms with van der Waals surface area (Å²) < 4.78 is 24.5. The Hall–Kier alpha value is -0.350. The van der Waals surface area contributed by atoms with E-state index >= 15 is 0 Å². The number of hydrogen-bond donors (Lipinski definition) is 1. The molecule has 1 fully saturated rings. The highest BCUT2D eigenvalue weighted by Gasteiger charge is 2.25. The van der Waals surface area contributed by atoms with E-state index in [9.17, 15) is 0 Å². The van der Waals surface area contributed by atoms with Crippen LogP contribution < -0.4 is 5.73 Å². The summed E-state index contributed by atoms with van der Waals surface area (Å²) in [6.45, 7) is -0.539. The Morgan fingerprint density at radius 3 is 3.60 bits per heavy atom. The Morgan fingerprint density at radius 1 is 2.20 bits per heavy atom. The van der Waals surface area contributed by atoms with E-state index in [0.29, 0.717) is 6.42 Å². The molecule has 0 aliphatic carbocycles. The first kappa shape index (κ1) is 5.32. The lowest BCUT2D eigenvalue weighted by molar-refractivity contribution is 0.0629. The second kappa shape index (κ2) is 3.16. The van der Waals surface area contributed by atoms with Crippen molar-refractivity contribution in [3.63, 3.8) is 0 Å². The van der Waals surface area contributed by atoms with Gasteiger partial charge in [0.15, 0.2) is 0 Å². The number of nitrogens with two attached hydrogens (primary N) is 1. The van der Waals surface area contributed by atoms with Gasteiger partial charge in [-0.25, -0.2) is 0 Å². The second-order valence-corrected chi connectivity index (χ2v) is 2.45. The highest BCUT2D eigenvalue weighted by atomic mass is 32.1. The lowest BCUT2D eigenvalue weighted by atomic mass is 10.2. The molecule has 0 radical (unpaired) electrons. The van der Waals surface area contributed by atoms with E-state index in [1.165, 1.54) is 0 Å². The van der Waals surface area contributed by atoms with E-state index in [-0.39, 0.29) is 24.3 Å². The van der Waals surface area contributed by atoms with Crippen LogP contribution in [0, 0.1) is 0 Å². The van der Waals surface area contributed by atoms with Crippen molar-refractivity contribution in [3.8, 4) is 0 Å². The molecule has 10 heavy (non-hydrogen) atoms. The van der Waals surface area contributed by atoms with Crippen LogP contribution in [-0.4, -0.2) is 24.0 Å². The van der Waals surface area contributed by atoms with Crippen LogP contribution in [0.2, 0.25) is 0 Å². The molecule has 3 atom stereocenters. The van der Waals surface area contributed by atoms with Crippen LogP contribution in [0.3, 0.4) is 0 Å². The van der Waals surface area contributed by atoms with Gasteiger partial charge in [-0.3, -0.25) is 0 Å². The molecule has 1 aliphatic rings. The minimum absolute atomic E-state index is 0.0452. The third-order valence-electron chi connectivity index (χ3n) is 1.28. The van der Waals surface area contributed by atoms with Gasteiger partial charge in [0.25, 0.3) is 5.17 Å². The molecule has 1 aliphatic heterocycles. The topological polar surface area (TPSA) is 44.5 Å². The van der Waals surface area contributed by atoms with Crippen LogP contribution in [0.5, 0.6) is 0 Å². The van der Waals surface area contributed by atoms with Crippen molar-refractivity contribution in [3.05, 3.63) is 0 Å². The van der Waals surface area contributed by atoms with E-state index in [1.807, 2.05) is 0 Å². The van der Waals surface area contributed by atoms with Crippen LogP contribution in [-0.2, 0) is 9.47 Å². The number of rotatable bonds is 1. The highest BCUT2D eigenvalue weighted by Crippen LogP contribution is 2.15. The SMILES string of the molecule is [2H]C[C@H]1O[C@@H]([3H])C[C@H]1OC(N)=S. The highest BCUT2D eigenvalue weighted by molar-refractivity contribution is 7.80. The fourth-order valence-electron chi connectivity index (χ4n) is 0.787. The second-order valence-electron chi connectivity index (χ2n) is 2.05. The molecule has 0 saturated carbocycles. The van der Waals surface area contributed by atoms with Gasteiger partial charge in [-0.2, -0.15) is 0 Å². The minimum atomic E-state index is -0.611. The molecule has 1 heterocycles. The molecule has 0 unspecified atom stereocenters. The van der Waals surface area contributed by atoms with Gasteiger partial charge in [-0.15, -0.1) is 0 Å². The minimum Gasteiger partial charge on any atom is -0.465 e. The maximum Gasteiger partial charge on any atom is 0.254 e. The zero-order chi connectivity index (χ0) is 9.14. The van der Waals surface area contributed by atoms with Crippen LogP contribution in [0.4, 0.5) is 0 Å². The Labute approximate surface area is 68.3 Å². The molecule has 1 rings (SSSR count). The lowest BCUT2D eigenvalue weighted by Gasteiger charge is -2.14. The lowest BCUT2D eigenvalue weighted by Crippen LogP contribution is -2.27. The van der Waals surface area contributed by atoms with Gasteiger partial charge in [0.2, 0.25) is 0 Å². The molecule has 1 saturated heterocycles. The molecule has 58 valence electrons. The average molecular weight is 164 g/mol. The maximum absolute atomic E-state index is 7.27. The van der Waals surface area contributed by atoms with Gasteiger partial charge in [-0.05, 0) is 19.1 Å². The number of thiocarbonyl (C=S) groups is 1. The molecule has 4 heteroatoms. The monoisotopic (exact) mass is 164 g/mol. The summed E-state index contributed by atoms with van der Waals surface area (Å²) in [6, 6.07) is 0. The number of hydrogen-bond acceptors (Lipinski definition) is 3. The predicted molar refractivity (Wildman–Crippen MR) is 41.7 cm³/mol.